The minimum absolute atomic E-state index is 0.121. The number of sulfonamides is 1. The first-order valence-electron chi connectivity index (χ1n) is 5.98. The molecule has 0 spiro atoms. The Balaban J connectivity index is 2.19. The Labute approximate surface area is 124 Å². The van der Waals surface area contributed by atoms with Crippen molar-refractivity contribution >= 4 is 15.8 Å². The molecule has 1 aromatic heterocycles. The number of hydrogen-bond donors (Lipinski definition) is 1. The van der Waals surface area contributed by atoms with Crippen LogP contribution in [0.1, 0.15) is 5.69 Å². The lowest BCUT2D eigenvalue weighted by molar-refractivity contribution is -0.274. The van der Waals surface area contributed by atoms with Crippen LogP contribution in [0, 0.1) is 6.92 Å². The molecule has 1 aromatic carbocycles. The maximum Gasteiger partial charge on any atom is 0.573 e. The fourth-order valence-corrected chi connectivity index (χ4v) is 2.62. The van der Waals surface area contributed by atoms with Gasteiger partial charge in [-0.2, -0.15) is 0 Å². The maximum atomic E-state index is 12.1. The minimum atomic E-state index is -4.83. The number of ether oxygens (including phenoxy) is 1. The van der Waals surface area contributed by atoms with Crippen molar-refractivity contribution in [2.45, 2.75) is 18.2 Å². The van der Waals surface area contributed by atoms with E-state index in [4.69, 9.17) is 0 Å². The van der Waals surface area contributed by atoms with E-state index < -0.39 is 22.1 Å². The van der Waals surface area contributed by atoms with E-state index in [1.807, 2.05) is 0 Å². The molecule has 0 amide bonds. The summed E-state index contributed by atoms with van der Waals surface area (Å²) in [5, 5.41) is 0. The molecular formula is C13H11F3N2O3S. The standard InChI is InChI=1S/C13H11F3N2O3S/c1-9-3-2-4-12(17-9)18-22(19,20)11-7-5-10(6-8-11)21-13(14,15)16/h2-8H,1H3,(H,17,18). The van der Waals surface area contributed by atoms with Gasteiger partial charge in [0.2, 0.25) is 0 Å². The van der Waals surface area contributed by atoms with Crippen LogP contribution in [-0.2, 0) is 10.0 Å². The summed E-state index contributed by atoms with van der Waals surface area (Å²) in [4.78, 5) is 3.78. The number of aryl methyl sites for hydroxylation is 1. The number of anilines is 1. The second-order valence-corrected chi connectivity index (χ2v) is 5.97. The van der Waals surface area contributed by atoms with Crippen molar-refractivity contribution in [3.05, 3.63) is 48.2 Å². The minimum Gasteiger partial charge on any atom is -0.406 e. The molecule has 2 aromatic rings. The molecular weight excluding hydrogens is 321 g/mol. The van der Waals surface area contributed by atoms with Crippen LogP contribution in [-0.4, -0.2) is 19.8 Å². The van der Waals surface area contributed by atoms with E-state index in [0.717, 1.165) is 24.3 Å². The molecule has 0 unspecified atom stereocenters. The van der Waals surface area contributed by atoms with Crippen molar-refractivity contribution in [1.82, 2.24) is 4.98 Å². The lowest BCUT2D eigenvalue weighted by Gasteiger charge is -2.10. The number of nitrogens with zero attached hydrogens (tertiary/aromatic N) is 1. The van der Waals surface area contributed by atoms with Crippen LogP contribution >= 0.6 is 0 Å². The first-order chi connectivity index (χ1) is 10.2. The number of halogens is 3. The highest BCUT2D eigenvalue weighted by atomic mass is 32.2. The van der Waals surface area contributed by atoms with E-state index in [1.54, 1.807) is 19.1 Å². The third-order valence-corrected chi connectivity index (χ3v) is 3.87. The predicted octanol–water partition coefficient (Wildman–Crippen LogP) is 3.09. The molecule has 0 bridgehead atoms. The van der Waals surface area contributed by atoms with Crippen molar-refractivity contribution in [2.75, 3.05) is 4.72 Å². The van der Waals surface area contributed by atoms with Crippen LogP contribution in [0.25, 0.3) is 0 Å². The van der Waals surface area contributed by atoms with Gasteiger partial charge in [0.25, 0.3) is 10.0 Å². The van der Waals surface area contributed by atoms with Crippen molar-refractivity contribution in [2.24, 2.45) is 0 Å². The molecule has 2 rings (SSSR count). The zero-order valence-electron chi connectivity index (χ0n) is 11.3. The number of pyridine rings is 1. The molecule has 9 heteroatoms. The molecule has 0 aliphatic heterocycles. The molecule has 1 N–H and O–H groups in total. The van der Waals surface area contributed by atoms with Crippen LogP contribution in [0.4, 0.5) is 19.0 Å². The van der Waals surface area contributed by atoms with Crippen LogP contribution in [0.5, 0.6) is 5.75 Å². The molecule has 0 atom stereocenters. The highest BCUT2D eigenvalue weighted by molar-refractivity contribution is 7.92. The molecule has 1 heterocycles. The lowest BCUT2D eigenvalue weighted by Crippen LogP contribution is -2.17. The number of aromatic nitrogens is 1. The quantitative estimate of drug-likeness (QED) is 0.934. The molecule has 0 fully saturated rings. The summed E-state index contributed by atoms with van der Waals surface area (Å²) in [5.41, 5.74) is 0.620. The Morgan fingerprint density at radius 2 is 1.73 bits per heavy atom. The molecule has 0 aliphatic rings. The van der Waals surface area contributed by atoms with Crippen molar-refractivity contribution in [3.63, 3.8) is 0 Å². The van der Waals surface area contributed by atoms with Crippen molar-refractivity contribution < 1.29 is 26.3 Å². The van der Waals surface area contributed by atoms with Gasteiger partial charge < -0.3 is 4.74 Å². The van der Waals surface area contributed by atoms with E-state index >= 15 is 0 Å². The van der Waals surface area contributed by atoms with Gasteiger partial charge in [-0.25, -0.2) is 13.4 Å². The summed E-state index contributed by atoms with van der Waals surface area (Å²) in [7, 11) is -3.94. The number of rotatable bonds is 4. The first-order valence-corrected chi connectivity index (χ1v) is 7.46. The normalized spacial score (nSPS) is 12.0. The highest BCUT2D eigenvalue weighted by Crippen LogP contribution is 2.24. The summed E-state index contributed by atoms with van der Waals surface area (Å²) >= 11 is 0. The van der Waals surface area contributed by atoms with Gasteiger partial charge in [-0.1, -0.05) is 6.07 Å². The smallest absolute Gasteiger partial charge is 0.406 e. The largest absolute Gasteiger partial charge is 0.573 e. The number of alkyl halides is 3. The van der Waals surface area contributed by atoms with Gasteiger partial charge >= 0.3 is 6.36 Å². The van der Waals surface area contributed by atoms with Gasteiger partial charge in [-0.05, 0) is 43.3 Å². The zero-order chi connectivity index (χ0) is 16.4. The molecule has 0 aliphatic carbocycles. The van der Waals surface area contributed by atoms with E-state index in [0.29, 0.717) is 5.69 Å². The van der Waals surface area contributed by atoms with Crippen molar-refractivity contribution in [3.8, 4) is 5.75 Å². The van der Waals surface area contributed by atoms with E-state index in [1.165, 1.54) is 6.07 Å². The Kier molecular flexibility index (Phi) is 4.27. The summed E-state index contributed by atoms with van der Waals surface area (Å²) in [6.07, 6.45) is -4.83. The Bertz CT molecular complexity index is 759. The van der Waals surface area contributed by atoms with Gasteiger partial charge in [0.05, 0.1) is 4.90 Å². The van der Waals surface area contributed by atoms with E-state index in [-0.39, 0.29) is 10.7 Å². The number of hydrogen-bond acceptors (Lipinski definition) is 4. The average Bonchev–Trinajstić information content (AvgIpc) is 2.36. The predicted molar refractivity (Wildman–Crippen MR) is 72.9 cm³/mol. The lowest BCUT2D eigenvalue weighted by atomic mass is 10.3. The van der Waals surface area contributed by atoms with Gasteiger partial charge in [-0.3, -0.25) is 4.72 Å². The van der Waals surface area contributed by atoms with Crippen LogP contribution < -0.4 is 9.46 Å². The van der Waals surface area contributed by atoms with E-state index in [9.17, 15) is 21.6 Å². The van der Waals surface area contributed by atoms with Gasteiger partial charge in [0.15, 0.2) is 0 Å². The Morgan fingerprint density at radius 1 is 1.09 bits per heavy atom. The molecule has 118 valence electrons. The van der Waals surface area contributed by atoms with Crippen molar-refractivity contribution in [1.29, 1.82) is 0 Å². The Hall–Kier alpha value is -2.29. The summed E-state index contributed by atoms with van der Waals surface area (Å²) in [6.45, 7) is 1.70. The molecule has 22 heavy (non-hydrogen) atoms. The molecule has 0 saturated heterocycles. The second-order valence-electron chi connectivity index (χ2n) is 4.29. The maximum absolute atomic E-state index is 12.1. The highest BCUT2D eigenvalue weighted by Gasteiger charge is 2.31. The fraction of sp³-hybridized carbons (Fsp3) is 0.154. The zero-order valence-corrected chi connectivity index (χ0v) is 12.1. The van der Waals surface area contributed by atoms with Crippen LogP contribution in [0.3, 0.4) is 0 Å². The second kappa shape index (κ2) is 5.84. The monoisotopic (exact) mass is 332 g/mol. The summed E-state index contributed by atoms with van der Waals surface area (Å²) in [6, 6.07) is 8.66. The topological polar surface area (TPSA) is 68.3 Å². The molecule has 0 saturated carbocycles. The number of nitrogens with one attached hydrogen (secondary N) is 1. The summed E-state index contributed by atoms with van der Waals surface area (Å²) < 4.78 is 66.2. The Morgan fingerprint density at radius 3 is 2.27 bits per heavy atom. The van der Waals surface area contributed by atoms with Crippen LogP contribution in [0.2, 0.25) is 0 Å². The SMILES string of the molecule is Cc1cccc(NS(=O)(=O)c2ccc(OC(F)(F)F)cc2)n1. The molecule has 5 nitrogen and oxygen atoms in total. The average molecular weight is 332 g/mol. The third-order valence-electron chi connectivity index (χ3n) is 2.49. The summed E-state index contributed by atoms with van der Waals surface area (Å²) in [5.74, 6) is -0.379. The fourth-order valence-electron chi connectivity index (χ4n) is 1.62. The van der Waals surface area contributed by atoms with E-state index in [2.05, 4.69) is 14.4 Å². The van der Waals surface area contributed by atoms with Gasteiger partial charge in [0.1, 0.15) is 11.6 Å². The van der Waals surface area contributed by atoms with Crippen LogP contribution in [0.15, 0.2) is 47.4 Å². The van der Waals surface area contributed by atoms with Gasteiger partial charge in [-0.15, -0.1) is 13.2 Å². The van der Waals surface area contributed by atoms with Gasteiger partial charge in [0, 0.05) is 5.69 Å². The molecule has 0 radical (unpaired) electrons. The number of benzene rings is 1. The first kappa shape index (κ1) is 16.1. The third kappa shape index (κ3) is 4.35.